The highest BCUT2D eigenvalue weighted by molar-refractivity contribution is 5.71. The summed E-state index contributed by atoms with van der Waals surface area (Å²) in [6.45, 7) is 9.79. The Hall–Kier alpha value is -3.33. The second kappa shape index (κ2) is 12.8. The smallest absolute Gasteiger partial charge is 0.307 e. The quantitative estimate of drug-likeness (QED) is 0.439. The molecule has 3 N–H and O–H groups in total. The Bertz CT molecular complexity index is 1020. The number of aromatic nitrogens is 5. The minimum Gasteiger partial charge on any atom is -0.481 e. The zero-order valence-corrected chi connectivity index (χ0v) is 20.2. The van der Waals surface area contributed by atoms with Crippen molar-refractivity contribution in [2.75, 3.05) is 31.1 Å². The van der Waals surface area contributed by atoms with E-state index in [0.717, 1.165) is 55.1 Å². The highest BCUT2D eigenvalue weighted by Gasteiger charge is 2.32. The molecule has 3 aromatic rings. The molecule has 1 aliphatic heterocycles. The SMILES string of the molecule is CC.CCC[C@H](C(=O)O)[C@H](Cc1cccc(-c2ccnc(N3CCNCC3)c2)c1)c1nn[nH]n1. The van der Waals surface area contributed by atoms with Gasteiger partial charge < -0.3 is 15.3 Å². The van der Waals surface area contributed by atoms with Gasteiger partial charge in [-0.1, -0.05) is 56.7 Å². The summed E-state index contributed by atoms with van der Waals surface area (Å²) in [5.41, 5.74) is 3.21. The van der Waals surface area contributed by atoms with Gasteiger partial charge in [0.15, 0.2) is 5.82 Å². The van der Waals surface area contributed by atoms with E-state index in [1.165, 1.54) is 0 Å². The van der Waals surface area contributed by atoms with Crippen molar-refractivity contribution in [1.29, 1.82) is 0 Å². The van der Waals surface area contributed by atoms with Crippen molar-refractivity contribution < 1.29 is 9.90 Å². The average molecular weight is 466 g/mol. The van der Waals surface area contributed by atoms with Gasteiger partial charge in [0, 0.05) is 38.3 Å². The minimum absolute atomic E-state index is 0.352. The molecule has 0 aliphatic carbocycles. The van der Waals surface area contributed by atoms with E-state index < -0.39 is 11.9 Å². The van der Waals surface area contributed by atoms with Crippen LogP contribution in [0.2, 0.25) is 0 Å². The van der Waals surface area contributed by atoms with Gasteiger partial charge in [-0.3, -0.25) is 4.79 Å². The standard InChI is InChI=1S/C23H29N7O2.C2H6/c1-2-4-19(23(31)32)20(22-26-28-29-27-22)14-16-5-3-6-17(13-16)18-7-8-25-21(15-18)30-11-9-24-10-12-30;1-2/h3,5-8,13,15,19-20,24H,2,4,9-12,14H2,1H3,(H,31,32)(H,26,27,28,29);1-2H3/t19-,20-;/m0./s1. The zero-order valence-electron chi connectivity index (χ0n) is 20.2. The normalized spacial score (nSPS) is 15.2. The van der Waals surface area contributed by atoms with Gasteiger partial charge in [0.2, 0.25) is 0 Å². The first-order valence-electron chi connectivity index (χ1n) is 12.1. The number of tetrazole rings is 1. The van der Waals surface area contributed by atoms with E-state index >= 15 is 0 Å². The number of carbonyl (C=O) groups is 1. The molecule has 1 aliphatic rings. The number of pyridine rings is 1. The number of piperazine rings is 1. The summed E-state index contributed by atoms with van der Waals surface area (Å²) in [6.07, 6.45) is 3.72. The van der Waals surface area contributed by atoms with Gasteiger partial charge in [-0.15, -0.1) is 10.2 Å². The molecule has 0 bridgehead atoms. The molecule has 0 amide bonds. The molecule has 3 heterocycles. The maximum Gasteiger partial charge on any atom is 0.307 e. The molecule has 0 spiro atoms. The summed E-state index contributed by atoms with van der Waals surface area (Å²) in [7, 11) is 0. The summed E-state index contributed by atoms with van der Waals surface area (Å²) >= 11 is 0. The van der Waals surface area contributed by atoms with Crippen molar-refractivity contribution in [3.05, 3.63) is 54.0 Å². The summed E-state index contributed by atoms with van der Waals surface area (Å²) in [5, 5.41) is 27.6. The average Bonchev–Trinajstić information content (AvgIpc) is 3.43. The van der Waals surface area contributed by atoms with Gasteiger partial charge in [0.25, 0.3) is 0 Å². The topological polar surface area (TPSA) is 120 Å². The Morgan fingerprint density at radius 2 is 1.91 bits per heavy atom. The fourth-order valence-corrected chi connectivity index (χ4v) is 4.34. The number of hydrogen-bond donors (Lipinski definition) is 3. The fourth-order valence-electron chi connectivity index (χ4n) is 4.34. The second-order valence-corrected chi connectivity index (χ2v) is 8.15. The fraction of sp³-hybridized carbons (Fsp3) is 0.480. The van der Waals surface area contributed by atoms with Gasteiger partial charge in [0.05, 0.1) is 5.92 Å². The van der Waals surface area contributed by atoms with E-state index in [2.05, 4.69) is 54.0 Å². The number of nitrogens with zero attached hydrogens (tertiary/aromatic N) is 5. The lowest BCUT2D eigenvalue weighted by atomic mass is 9.83. The van der Waals surface area contributed by atoms with E-state index in [1.807, 2.05) is 45.2 Å². The predicted molar refractivity (Wildman–Crippen MR) is 133 cm³/mol. The molecule has 9 heteroatoms. The molecule has 1 aromatic carbocycles. The summed E-state index contributed by atoms with van der Waals surface area (Å²) in [6, 6.07) is 12.4. The molecule has 182 valence electrons. The number of carboxylic acid groups (broad SMARTS) is 1. The minimum atomic E-state index is -0.826. The molecule has 1 fully saturated rings. The Morgan fingerprint density at radius 1 is 1.15 bits per heavy atom. The van der Waals surface area contributed by atoms with Gasteiger partial charge >= 0.3 is 5.97 Å². The lowest BCUT2D eigenvalue weighted by Gasteiger charge is -2.28. The molecule has 4 rings (SSSR count). The molecular weight excluding hydrogens is 430 g/mol. The van der Waals surface area contributed by atoms with Crippen LogP contribution in [0.1, 0.15) is 50.9 Å². The van der Waals surface area contributed by atoms with Gasteiger partial charge in [-0.05, 0) is 41.7 Å². The Morgan fingerprint density at radius 3 is 2.59 bits per heavy atom. The van der Waals surface area contributed by atoms with Crippen LogP contribution in [0, 0.1) is 5.92 Å². The third-order valence-electron chi connectivity index (χ3n) is 6.00. The number of nitrogens with one attached hydrogen (secondary N) is 2. The van der Waals surface area contributed by atoms with E-state index in [0.29, 0.717) is 18.7 Å². The largest absolute Gasteiger partial charge is 0.481 e. The van der Waals surface area contributed by atoms with Crippen LogP contribution in [0.25, 0.3) is 11.1 Å². The molecule has 2 atom stereocenters. The summed E-state index contributed by atoms with van der Waals surface area (Å²) in [4.78, 5) is 18.8. The first-order valence-corrected chi connectivity index (χ1v) is 12.1. The van der Waals surface area contributed by atoms with Crippen molar-refractivity contribution in [2.24, 2.45) is 5.92 Å². The molecule has 0 radical (unpaired) electrons. The monoisotopic (exact) mass is 465 g/mol. The number of hydrogen-bond acceptors (Lipinski definition) is 7. The van der Waals surface area contributed by atoms with E-state index in [-0.39, 0.29) is 5.92 Å². The number of H-pyrrole nitrogens is 1. The lowest BCUT2D eigenvalue weighted by Crippen LogP contribution is -2.43. The van der Waals surface area contributed by atoms with Gasteiger partial charge in [0.1, 0.15) is 5.82 Å². The van der Waals surface area contributed by atoms with E-state index in [4.69, 9.17) is 0 Å². The van der Waals surface area contributed by atoms with Crippen LogP contribution in [0.15, 0.2) is 42.6 Å². The number of rotatable bonds is 9. The van der Waals surface area contributed by atoms with Crippen LogP contribution in [0.4, 0.5) is 5.82 Å². The second-order valence-electron chi connectivity index (χ2n) is 8.15. The Balaban J connectivity index is 0.00000158. The van der Waals surface area contributed by atoms with Crippen molar-refractivity contribution in [3.8, 4) is 11.1 Å². The van der Waals surface area contributed by atoms with Crippen LogP contribution in [-0.4, -0.2) is 62.9 Å². The molecule has 9 nitrogen and oxygen atoms in total. The first-order chi connectivity index (χ1) is 16.7. The van der Waals surface area contributed by atoms with Crippen molar-refractivity contribution in [2.45, 2.75) is 46.0 Å². The third-order valence-corrected chi connectivity index (χ3v) is 6.00. The molecule has 1 saturated heterocycles. The van der Waals surface area contributed by atoms with Gasteiger partial charge in [-0.2, -0.15) is 5.21 Å². The van der Waals surface area contributed by atoms with Crippen LogP contribution in [-0.2, 0) is 11.2 Å². The van der Waals surface area contributed by atoms with Crippen LogP contribution < -0.4 is 10.2 Å². The molecule has 2 aromatic heterocycles. The zero-order chi connectivity index (χ0) is 24.3. The van der Waals surface area contributed by atoms with E-state index in [1.54, 1.807) is 0 Å². The Kier molecular flexibility index (Phi) is 9.51. The summed E-state index contributed by atoms with van der Waals surface area (Å²) in [5.74, 6) is -0.321. The van der Waals surface area contributed by atoms with Crippen molar-refractivity contribution in [1.82, 2.24) is 30.9 Å². The van der Waals surface area contributed by atoms with E-state index in [9.17, 15) is 9.90 Å². The predicted octanol–water partition coefficient (Wildman–Crippen LogP) is 3.52. The Labute approximate surface area is 201 Å². The van der Waals surface area contributed by atoms with Gasteiger partial charge in [-0.25, -0.2) is 4.98 Å². The number of anilines is 1. The number of carboxylic acids is 1. The molecule has 0 unspecified atom stereocenters. The molecule has 34 heavy (non-hydrogen) atoms. The molecular formula is C25H35N7O2. The van der Waals surface area contributed by atoms with Crippen LogP contribution in [0.3, 0.4) is 0 Å². The first kappa shape index (κ1) is 25.3. The number of benzene rings is 1. The third kappa shape index (κ3) is 6.38. The lowest BCUT2D eigenvalue weighted by molar-refractivity contribution is -0.142. The highest BCUT2D eigenvalue weighted by atomic mass is 16.4. The highest BCUT2D eigenvalue weighted by Crippen LogP contribution is 2.31. The number of aromatic amines is 1. The molecule has 0 saturated carbocycles. The van der Waals surface area contributed by atoms with Crippen LogP contribution in [0.5, 0.6) is 0 Å². The maximum atomic E-state index is 12.0. The van der Waals surface area contributed by atoms with Crippen molar-refractivity contribution >= 4 is 11.8 Å². The van der Waals surface area contributed by atoms with Crippen molar-refractivity contribution in [3.63, 3.8) is 0 Å². The maximum absolute atomic E-state index is 12.0. The number of aliphatic carboxylic acids is 1. The summed E-state index contributed by atoms with van der Waals surface area (Å²) < 4.78 is 0. The van der Waals surface area contributed by atoms with Crippen LogP contribution >= 0.6 is 0 Å².